The van der Waals surface area contributed by atoms with Gasteiger partial charge in [-0.05, 0) is 62.1 Å². The molecule has 0 atom stereocenters. The molecule has 6 nitrogen and oxygen atoms in total. The lowest BCUT2D eigenvalue weighted by atomic mass is 10.0. The van der Waals surface area contributed by atoms with E-state index in [2.05, 4.69) is 4.99 Å². The van der Waals surface area contributed by atoms with E-state index in [1.807, 2.05) is 26.8 Å². The van der Waals surface area contributed by atoms with Crippen molar-refractivity contribution < 1.29 is 27.9 Å². The maximum Gasteiger partial charge on any atom is 0.416 e. The van der Waals surface area contributed by atoms with E-state index in [4.69, 9.17) is 5.73 Å². The fourth-order valence-electron chi connectivity index (χ4n) is 4.23. The van der Waals surface area contributed by atoms with E-state index in [0.29, 0.717) is 35.2 Å². The molecule has 1 amide bonds. The largest absolute Gasteiger partial charge is 0.494 e. The second-order valence-corrected chi connectivity index (χ2v) is 8.98. The Labute approximate surface area is 207 Å². The normalized spacial score (nSPS) is 12.3. The molecule has 1 heterocycles. The van der Waals surface area contributed by atoms with Gasteiger partial charge in [0.05, 0.1) is 23.2 Å². The summed E-state index contributed by atoms with van der Waals surface area (Å²) < 4.78 is 42.2. The first-order valence-corrected chi connectivity index (χ1v) is 11.8. The zero-order valence-corrected chi connectivity index (χ0v) is 20.6. The van der Waals surface area contributed by atoms with Crippen LogP contribution in [-0.4, -0.2) is 33.6 Å². The molecule has 0 spiro atoms. The Morgan fingerprint density at radius 1 is 1.03 bits per heavy atom. The Bertz CT molecular complexity index is 1300. The van der Waals surface area contributed by atoms with Crippen LogP contribution in [0.2, 0.25) is 0 Å². The first kappa shape index (κ1) is 27.0. The molecular weight excluding hydrogens is 471 g/mol. The van der Waals surface area contributed by atoms with E-state index in [-0.39, 0.29) is 36.6 Å². The van der Waals surface area contributed by atoms with Crippen molar-refractivity contribution in [2.45, 2.75) is 59.1 Å². The van der Waals surface area contributed by atoms with Crippen LogP contribution in [-0.2, 0) is 15.8 Å². The number of rotatable bonds is 10. The molecule has 0 saturated heterocycles. The van der Waals surface area contributed by atoms with E-state index in [1.165, 1.54) is 10.6 Å². The number of carbonyl (C=O) groups is 2. The monoisotopic (exact) mass is 501 g/mol. The molecule has 0 aliphatic heterocycles. The highest BCUT2D eigenvalue weighted by molar-refractivity contribution is 6.14. The third kappa shape index (κ3) is 6.13. The lowest BCUT2D eigenvalue weighted by Gasteiger charge is -2.11. The van der Waals surface area contributed by atoms with E-state index in [0.717, 1.165) is 29.7 Å². The minimum absolute atomic E-state index is 0.0505. The van der Waals surface area contributed by atoms with Gasteiger partial charge in [-0.25, -0.2) is 0 Å². The van der Waals surface area contributed by atoms with E-state index in [1.54, 1.807) is 12.1 Å². The summed E-state index contributed by atoms with van der Waals surface area (Å²) in [5, 5.41) is 11.8. The maximum absolute atomic E-state index is 13.6. The van der Waals surface area contributed by atoms with Gasteiger partial charge in [0.1, 0.15) is 0 Å². The summed E-state index contributed by atoms with van der Waals surface area (Å²) in [7, 11) is 0. The van der Waals surface area contributed by atoms with Gasteiger partial charge >= 0.3 is 6.18 Å². The molecule has 0 aliphatic rings. The van der Waals surface area contributed by atoms with Crippen LogP contribution >= 0.6 is 0 Å². The number of carbonyl (C=O) groups excluding carboxylic acids is 2. The number of aliphatic imine (C=N–C) groups is 1. The summed E-state index contributed by atoms with van der Waals surface area (Å²) in [6.45, 7) is 5.49. The summed E-state index contributed by atoms with van der Waals surface area (Å²) >= 11 is 0. The number of unbranched alkanes of at least 4 members (excludes halogenated alkanes) is 1. The summed E-state index contributed by atoms with van der Waals surface area (Å²) in [6.07, 6.45) is -2.77. The first-order chi connectivity index (χ1) is 16.9. The van der Waals surface area contributed by atoms with Gasteiger partial charge < -0.3 is 10.8 Å². The van der Waals surface area contributed by atoms with Crippen molar-refractivity contribution in [1.29, 1.82) is 0 Å². The molecule has 0 bridgehead atoms. The molecule has 0 aliphatic carbocycles. The number of aromatic hydroxyl groups is 1. The fraction of sp³-hybridized carbons (Fsp3) is 0.370. The number of halogens is 3. The number of primary amides is 1. The molecule has 0 saturated carbocycles. The minimum atomic E-state index is -4.56. The number of amides is 1. The summed E-state index contributed by atoms with van der Waals surface area (Å²) in [5.74, 6) is -1.12. The first-order valence-electron chi connectivity index (χ1n) is 11.8. The predicted molar refractivity (Wildman–Crippen MR) is 134 cm³/mol. The van der Waals surface area contributed by atoms with Crippen molar-refractivity contribution in [3.05, 3.63) is 58.7 Å². The molecule has 36 heavy (non-hydrogen) atoms. The van der Waals surface area contributed by atoms with Crippen LogP contribution in [0.15, 0.2) is 41.4 Å². The average Bonchev–Trinajstić information content (AvgIpc) is 3.07. The van der Waals surface area contributed by atoms with Crippen LogP contribution < -0.4 is 5.73 Å². The van der Waals surface area contributed by atoms with Gasteiger partial charge in [0.15, 0.2) is 5.78 Å². The zero-order chi connectivity index (χ0) is 26.6. The van der Waals surface area contributed by atoms with Crippen molar-refractivity contribution in [2.75, 3.05) is 6.54 Å². The van der Waals surface area contributed by atoms with Crippen LogP contribution in [0.1, 0.15) is 61.3 Å². The molecular formula is C27H30F3N3O3. The number of aryl methyl sites for hydroxylation is 2. The van der Waals surface area contributed by atoms with Gasteiger partial charge in [0.2, 0.25) is 11.8 Å². The highest BCUT2D eigenvalue weighted by atomic mass is 19.4. The van der Waals surface area contributed by atoms with Gasteiger partial charge in [-0.3, -0.25) is 19.1 Å². The number of aromatic nitrogens is 1. The number of fused-ring (bicyclic) bond motifs is 1. The minimum Gasteiger partial charge on any atom is -0.494 e. The van der Waals surface area contributed by atoms with Gasteiger partial charge in [0.25, 0.3) is 0 Å². The molecule has 3 aromatic rings. The SMILES string of the molecule is CCCCC(=NCC(=O)CCC(N)=O)c1c(O)n(-c2cc(C)cc(C)c2)c2cc(C(F)(F)F)ccc12. The lowest BCUT2D eigenvalue weighted by molar-refractivity contribution is -0.137. The van der Waals surface area contributed by atoms with Crippen LogP contribution in [0, 0.1) is 13.8 Å². The van der Waals surface area contributed by atoms with Crippen LogP contribution in [0.3, 0.4) is 0 Å². The second-order valence-electron chi connectivity index (χ2n) is 8.98. The average molecular weight is 502 g/mol. The number of alkyl halides is 3. The topological polar surface area (TPSA) is 97.7 Å². The third-order valence-electron chi connectivity index (χ3n) is 5.89. The molecule has 1 aromatic heterocycles. The van der Waals surface area contributed by atoms with Gasteiger partial charge in [0, 0.05) is 29.6 Å². The van der Waals surface area contributed by atoms with Crippen molar-refractivity contribution in [3.8, 4) is 11.6 Å². The Morgan fingerprint density at radius 3 is 2.28 bits per heavy atom. The van der Waals surface area contributed by atoms with Crippen molar-refractivity contribution in [3.63, 3.8) is 0 Å². The second kappa shape index (κ2) is 11.0. The number of hydrogen-bond acceptors (Lipinski definition) is 4. The van der Waals surface area contributed by atoms with E-state index >= 15 is 0 Å². The molecule has 0 unspecified atom stereocenters. The number of nitrogens with two attached hydrogens (primary N) is 1. The van der Waals surface area contributed by atoms with Crippen LogP contribution in [0.5, 0.6) is 5.88 Å². The lowest BCUT2D eigenvalue weighted by Crippen LogP contribution is -2.14. The van der Waals surface area contributed by atoms with Crippen molar-refractivity contribution in [2.24, 2.45) is 10.7 Å². The van der Waals surface area contributed by atoms with Gasteiger partial charge in [-0.15, -0.1) is 0 Å². The van der Waals surface area contributed by atoms with Crippen molar-refractivity contribution >= 4 is 28.3 Å². The molecule has 0 radical (unpaired) electrons. The smallest absolute Gasteiger partial charge is 0.416 e. The van der Waals surface area contributed by atoms with Crippen LogP contribution in [0.4, 0.5) is 13.2 Å². The quantitative estimate of drug-likeness (QED) is 0.344. The van der Waals surface area contributed by atoms with Crippen molar-refractivity contribution in [1.82, 2.24) is 4.57 Å². The number of hydrogen-bond donors (Lipinski definition) is 2. The number of nitrogens with zero attached hydrogens (tertiary/aromatic N) is 2. The highest BCUT2D eigenvalue weighted by Crippen LogP contribution is 2.39. The number of Topliss-reactive ketones (excluding diaryl/α,β-unsaturated/α-hetero) is 1. The standard InChI is InChI=1S/C27H30F3N3O3/c1-4-5-6-22(32-15-20(34)8-10-24(31)35)25-21-9-7-18(27(28,29)30)14-23(21)33(26(25)36)19-12-16(2)11-17(3)13-19/h7,9,11-14,36H,4-6,8,10,15H2,1-3H3,(H2,31,35). The van der Waals surface area contributed by atoms with Gasteiger partial charge in [-0.2, -0.15) is 13.2 Å². The summed E-state index contributed by atoms with van der Waals surface area (Å²) in [4.78, 5) is 27.7. The fourth-order valence-corrected chi connectivity index (χ4v) is 4.23. The number of benzene rings is 2. The maximum atomic E-state index is 13.6. The third-order valence-corrected chi connectivity index (χ3v) is 5.89. The number of ketones is 1. The predicted octanol–water partition coefficient (Wildman–Crippen LogP) is 5.79. The molecule has 192 valence electrons. The highest BCUT2D eigenvalue weighted by Gasteiger charge is 2.32. The Kier molecular flexibility index (Phi) is 8.22. The molecule has 2 aromatic carbocycles. The molecule has 3 rings (SSSR count). The van der Waals surface area contributed by atoms with Crippen LogP contribution in [0.25, 0.3) is 16.6 Å². The Balaban J connectivity index is 2.24. The van der Waals surface area contributed by atoms with Gasteiger partial charge in [-0.1, -0.05) is 25.5 Å². The van der Waals surface area contributed by atoms with E-state index < -0.39 is 17.6 Å². The molecule has 9 heteroatoms. The molecule has 0 fully saturated rings. The van der Waals surface area contributed by atoms with E-state index in [9.17, 15) is 27.9 Å². The Morgan fingerprint density at radius 2 is 1.69 bits per heavy atom. The Hall–Kier alpha value is -3.62. The zero-order valence-electron chi connectivity index (χ0n) is 20.6. The molecule has 3 N–H and O–H groups in total. The summed E-state index contributed by atoms with van der Waals surface area (Å²) in [6, 6.07) is 8.83. The summed E-state index contributed by atoms with van der Waals surface area (Å²) in [5.41, 5.74) is 7.49.